The molecule has 0 aliphatic carbocycles. The van der Waals surface area contributed by atoms with Crippen molar-refractivity contribution in [2.75, 3.05) is 27.1 Å². The number of hydrogen-bond acceptors (Lipinski definition) is 11. The lowest BCUT2D eigenvalue weighted by Crippen LogP contribution is -2.46. The summed E-state index contributed by atoms with van der Waals surface area (Å²) in [5, 5.41) is 2.50. The van der Waals surface area contributed by atoms with Crippen LogP contribution in [0.3, 0.4) is 0 Å². The fourth-order valence-electron chi connectivity index (χ4n) is 4.10. The molecule has 1 aliphatic heterocycles. The molecule has 40 heavy (non-hydrogen) atoms. The highest BCUT2D eigenvalue weighted by atomic mass is 16.7. The minimum Gasteiger partial charge on any atom is -0.493 e. The van der Waals surface area contributed by atoms with E-state index in [9.17, 15) is 19.2 Å². The first-order valence-corrected chi connectivity index (χ1v) is 12.9. The SMILES string of the molecule is CCCOC1C(C)OC(=O)C(NC(=O)c2nccc(OC)c2OCOC(C)=O)COC(=O)C1Cc1ccccc1. The number of esters is 3. The Balaban J connectivity index is 1.83. The standard InChI is InChI=1S/C28H34N2O10/c1-5-13-36-24-17(2)40-28(34)21(15-37-27(33)20(24)14-19-9-7-6-8-10-19)30-26(32)23-25(39-16-38-18(3)31)22(35-4)11-12-29-23/h6-12,17,20-21,24H,5,13-16H2,1-4H3,(H,30,32). The van der Waals surface area contributed by atoms with Gasteiger partial charge in [0.2, 0.25) is 6.79 Å². The van der Waals surface area contributed by atoms with Crippen LogP contribution < -0.4 is 14.8 Å². The van der Waals surface area contributed by atoms with Crippen molar-refractivity contribution in [1.82, 2.24) is 10.3 Å². The fraction of sp³-hybridized carbons (Fsp3) is 0.464. The second-order valence-corrected chi connectivity index (χ2v) is 9.02. The molecule has 1 amide bonds. The second-order valence-electron chi connectivity index (χ2n) is 9.02. The lowest BCUT2D eigenvalue weighted by molar-refractivity contribution is -0.164. The lowest BCUT2D eigenvalue weighted by Gasteiger charge is -2.29. The Labute approximate surface area is 232 Å². The summed E-state index contributed by atoms with van der Waals surface area (Å²) in [4.78, 5) is 54.8. The van der Waals surface area contributed by atoms with Crippen LogP contribution in [-0.4, -0.2) is 74.2 Å². The van der Waals surface area contributed by atoms with E-state index in [0.717, 1.165) is 5.56 Å². The van der Waals surface area contributed by atoms with Crippen LogP contribution >= 0.6 is 0 Å². The first kappa shape index (κ1) is 30.4. The Morgan fingerprint density at radius 2 is 1.88 bits per heavy atom. The topological polar surface area (TPSA) is 149 Å². The zero-order valence-corrected chi connectivity index (χ0v) is 22.9. The molecule has 1 aromatic carbocycles. The number of cyclic esters (lactones) is 2. The molecule has 1 aromatic heterocycles. The molecule has 1 fully saturated rings. The van der Waals surface area contributed by atoms with E-state index in [0.29, 0.717) is 19.4 Å². The maximum Gasteiger partial charge on any atom is 0.332 e. The monoisotopic (exact) mass is 558 g/mol. The minimum atomic E-state index is -1.35. The van der Waals surface area contributed by atoms with Crippen molar-refractivity contribution < 1.29 is 47.6 Å². The summed E-state index contributed by atoms with van der Waals surface area (Å²) >= 11 is 0. The smallest absolute Gasteiger partial charge is 0.332 e. The van der Waals surface area contributed by atoms with Crippen LogP contribution in [0.2, 0.25) is 0 Å². The van der Waals surface area contributed by atoms with Crippen LogP contribution in [0.15, 0.2) is 42.6 Å². The van der Waals surface area contributed by atoms with Crippen LogP contribution in [-0.2, 0) is 39.8 Å². The molecule has 4 unspecified atom stereocenters. The molecule has 2 aromatic rings. The van der Waals surface area contributed by atoms with Gasteiger partial charge in [0.15, 0.2) is 23.2 Å². The van der Waals surface area contributed by atoms with Gasteiger partial charge < -0.3 is 33.7 Å². The number of amides is 1. The molecular formula is C28H34N2O10. The number of ether oxygens (including phenoxy) is 6. The van der Waals surface area contributed by atoms with Crippen molar-refractivity contribution in [3.8, 4) is 11.5 Å². The van der Waals surface area contributed by atoms with Gasteiger partial charge in [-0.1, -0.05) is 37.3 Å². The van der Waals surface area contributed by atoms with Crippen LogP contribution in [0.1, 0.15) is 43.2 Å². The van der Waals surface area contributed by atoms with Crippen molar-refractivity contribution >= 4 is 23.8 Å². The van der Waals surface area contributed by atoms with Crippen molar-refractivity contribution in [2.45, 2.75) is 51.9 Å². The van der Waals surface area contributed by atoms with Crippen LogP contribution in [0, 0.1) is 5.92 Å². The van der Waals surface area contributed by atoms with Crippen molar-refractivity contribution in [2.24, 2.45) is 5.92 Å². The van der Waals surface area contributed by atoms with Crippen molar-refractivity contribution in [3.05, 3.63) is 53.9 Å². The van der Waals surface area contributed by atoms with Gasteiger partial charge in [-0.3, -0.25) is 14.4 Å². The van der Waals surface area contributed by atoms with E-state index in [2.05, 4.69) is 10.3 Å². The van der Waals surface area contributed by atoms with E-state index in [1.54, 1.807) is 6.92 Å². The van der Waals surface area contributed by atoms with Gasteiger partial charge in [0, 0.05) is 25.8 Å². The molecule has 3 rings (SSSR count). The average Bonchev–Trinajstić information content (AvgIpc) is 2.97. The van der Waals surface area contributed by atoms with Crippen molar-refractivity contribution in [1.29, 1.82) is 0 Å². The number of carbonyl (C=O) groups excluding carboxylic acids is 4. The van der Waals surface area contributed by atoms with Gasteiger partial charge in [-0.25, -0.2) is 9.78 Å². The van der Waals surface area contributed by atoms with Gasteiger partial charge in [0.25, 0.3) is 5.91 Å². The van der Waals surface area contributed by atoms with E-state index >= 15 is 0 Å². The zero-order valence-electron chi connectivity index (χ0n) is 22.9. The summed E-state index contributed by atoms with van der Waals surface area (Å²) < 4.78 is 32.6. The Kier molecular flexibility index (Phi) is 11.2. The molecular weight excluding hydrogens is 524 g/mol. The summed E-state index contributed by atoms with van der Waals surface area (Å²) in [6.07, 6.45) is 0.713. The zero-order chi connectivity index (χ0) is 29.1. The predicted molar refractivity (Wildman–Crippen MR) is 139 cm³/mol. The van der Waals surface area contributed by atoms with E-state index in [1.165, 1.54) is 26.3 Å². The second kappa shape index (κ2) is 14.8. The van der Waals surface area contributed by atoms with Crippen LogP contribution in [0.5, 0.6) is 11.5 Å². The maximum atomic E-state index is 13.3. The molecule has 0 saturated carbocycles. The van der Waals surface area contributed by atoms with E-state index in [1.807, 2.05) is 37.3 Å². The molecule has 2 heterocycles. The quantitative estimate of drug-likeness (QED) is 0.246. The first-order chi connectivity index (χ1) is 19.2. The number of carbonyl (C=O) groups is 4. The number of benzene rings is 1. The predicted octanol–water partition coefficient (Wildman–Crippen LogP) is 2.23. The number of hydrogen-bond donors (Lipinski definition) is 1. The summed E-state index contributed by atoms with van der Waals surface area (Å²) in [5.74, 6) is -3.55. The van der Waals surface area contributed by atoms with E-state index in [4.69, 9.17) is 28.4 Å². The average molecular weight is 559 g/mol. The Morgan fingerprint density at radius 1 is 1.12 bits per heavy atom. The van der Waals surface area contributed by atoms with Gasteiger partial charge >= 0.3 is 17.9 Å². The number of rotatable bonds is 11. The number of pyridine rings is 1. The molecule has 216 valence electrons. The largest absolute Gasteiger partial charge is 0.493 e. The van der Waals surface area contributed by atoms with Gasteiger partial charge in [0.05, 0.1) is 13.0 Å². The summed E-state index contributed by atoms with van der Waals surface area (Å²) in [6, 6.07) is 9.47. The maximum absolute atomic E-state index is 13.3. The van der Waals surface area contributed by atoms with Gasteiger partial charge in [-0.15, -0.1) is 0 Å². The Hall–Kier alpha value is -4.19. The number of aromatic nitrogens is 1. The van der Waals surface area contributed by atoms with E-state index < -0.39 is 61.4 Å². The molecule has 1 N–H and O–H groups in total. The summed E-state index contributed by atoms with van der Waals surface area (Å²) in [6.45, 7) is 4.14. The molecule has 12 nitrogen and oxygen atoms in total. The van der Waals surface area contributed by atoms with E-state index in [-0.39, 0.29) is 17.2 Å². The molecule has 12 heteroatoms. The normalized spacial score (nSPS) is 21.1. The highest BCUT2D eigenvalue weighted by Gasteiger charge is 2.40. The molecule has 1 saturated heterocycles. The number of methoxy groups -OCH3 is 1. The lowest BCUT2D eigenvalue weighted by atomic mass is 9.91. The third-order valence-electron chi connectivity index (χ3n) is 6.03. The first-order valence-electron chi connectivity index (χ1n) is 12.9. The van der Waals surface area contributed by atoms with Gasteiger partial charge in [-0.05, 0) is 25.3 Å². The highest BCUT2D eigenvalue weighted by molar-refractivity contribution is 5.98. The van der Waals surface area contributed by atoms with Crippen LogP contribution in [0.25, 0.3) is 0 Å². The molecule has 0 spiro atoms. The molecule has 0 bridgehead atoms. The summed E-state index contributed by atoms with van der Waals surface area (Å²) in [7, 11) is 1.36. The Morgan fingerprint density at radius 3 is 2.55 bits per heavy atom. The fourth-order valence-corrected chi connectivity index (χ4v) is 4.10. The molecule has 1 aliphatic rings. The summed E-state index contributed by atoms with van der Waals surface area (Å²) in [5.41, 5.74) is 0.646. The number of nitrogens with one attached hydrogen (secondary N) is 1. The third kappa shape index (κ3) is 8.15. The van der Waals surface area contributed by atoms with Crippen LogP contribution in [0.4, 0.5) is 0 Å². The molecule has 0 radical (unpaired) electrons. The number of nitrogens with zero attached hydrogens (tertiary/aromatic N) is 1. The molecule has 4 atom stereocenters. The minimum absolute atomic E-state index is 0.110. The highest BCUT2D eigenvalue weighted by Crippen LogP contribution is 2.30. The van der Waals surface area contributed by atoms with Crippen molar-refractivity contribution in [3.63, 3.8) is 0 Å². The third-order valence-corrected chi connectivity index (χ3v) is 6.03. The van der Waals surface area contributed by atoms with Gasteiger partial charge in [-0.2, -0.15) is 0 Å². The van der Waals surface area contributed by atoms with Gasteiger partial charge in [0.1, 0.15) is 18.8 Å². The Bertz CT molecular complexity index is 1170.